The minimum Gasteiger partial charge on any atom is -0.312 e. The Morgan fingerprint density at radius 1 is 0.519 bits per heavy atom. The molecule has 2 aliphatic rings. The Hall–Kier alpha value is -5.40. The van der Waals surface area contributed by atoms with Crippen LogP contribution in [0.3, 0.4) is 0 Å². The minimum atomic E-state index is -3.04. The zero-order valence-electron chi connectivity index (χ0n) is 28.5. The molecule has 0 fully saturated rings. The summed E-state index contributed by atoms with van der Waals surface area (Å²) in [5, 5.41) is 6.78. The highest BCUT2D eigenvalue weighted by atomic mass is 32.2. The first-order valence-electron chi connectivity index (χ1n) is 18.0. The summed E-state index contributed by atoms with van der Waals surface area (Å²) in [7, 11) is -3.04. The Morgan fingerprint density at radius 3 is 1.71 bits per heavy atom. The second-order valence-electron chi connectivity index (χ2n) is 13.8. The lowest BCUT2D eigenvalue weighted by Gasteiger charge is -2.36. The van der Waals surface area contributed by atoms with Crippen LogP contribution >= 0.6 is 18.9 Å². The number of allylic oxidation sites excluding steroid dienone is 2. The van der Waals surface area contributed by atoms with Crippen LogP contribution in [0.4, 0.5) is 0 Å². The Morgan fingerprint density at radius 2 is 1.06 bits per heavy atom. The van der Waals surface area contributed by atoms with Gasteiger partial charge in [0.2, 0.25) is 0 Å². The fourth-order valence-corrected chi connectivity index (χ4v) is 14.3. The molecular formula is C49H35OPS. The van der Waals surface area contributed by atoms with E-state index in [1.165, 1.54) is 65.4 Å². The summed E-state index contributed by atoms with van der Waals surface area (Å²) in [6.45, 7) is 0. The summed E-state index contributed by atoms with van der Waals surface area (Å²) in [6, 6.07) is 67.2. The van der Waals surface area contributed by atoms with Crippen molar-refractivity contribution in [2.45, 2.75) is 16.8 Å². The van der Waals surface area contributed by atoms with Crippen molar-refractivity contribution in [2.75, 3.05) is 0 Å². The Kier molecular flexibility index (Phi) is 7.46. The first-order chi connectivity index (χ1) is 25.7. The van der Waals surface area contributed by atoms with Gasteiger partial charge in [0, 0.05) is 15.5 Å². The molecule has 0 N–H and O–H groups in total. The predicted octanol–water partition coefficient (Wildman–Crippen LogP) is 12.3. The van der Waals surface area contributed by atoms with Crippen molar-refractivity contribution in [3.63, 3.8) is 0 Å². The van der Waals surface area contributed by atoms with Gasteiger partial charge in [0.05, 0.1) is 10.4 Å². The molecule has 8 aromatic rings. The standard InChI is InChI=1S/C49H35OPS/c50-51(38-19-6-2-7-20-38,39-21-8-3-9-22-39)47-31-30-46(52-47)49(44-26-14-12-24-41(44)42-25-13-15-27-45(42)49)37-29-28-36-32-35-18-10-11-23-40(35)48(43(36)33-37)34-16-4-1-5-17-34/h1-30,32-33,47H,31H2. The molecule has 1 aliphatic heterocycles. The summed E-state index contributed by atoms with van der Waals surface area (Å²) in [6.07, 6.45) is 3.13. The normalized spacial score (nSPS) is 16.1. The molecule has 1 unspecified atom stereocenters. The Labute approximate surface area is 309 Å². The number of fused-ring (bicyclic) bond motifs is 5. The second-order valence-corrected chi connectivity index (χ2v) is 18.4. The highest BCUT2D eigenvalue weighted by Gasteiger charge is 2.51. The predicted molar refractivity (Wildman–Crippen MR) is 222 cm³/mol. The van der Waals surface area contributed by atoms with Gasteiger partial charge in [-0.1, -0.05) is 182 Å². The van der Waals surface area contributed by atoms with Gasteiger partial charge in [-0.15, -0.1) is 11.8 Å². The van der Waals surface area contributed by atoms with Crippen LogP contribution in [0.5, 0.6) is 0 Å². The van der Waals surface area contributed by atoms with Gasteiger partial charge in [-0.2, -0.15) is 0 Å². The van der Waals surface area contributed by atoms with Crippen LogP contribution in [-0.4, -0.2) is 4.99 Å². The van der Waals surface area contributed by atoms with Crippen LogP contribution in [0.2, 0.25) is 0 Å². The summed E-state index contributed by atoms with van der Waals surface area (Å²) in [5.74, 6) is 0. The van der Waals surface area contributed by atoms with Gasteiger partial charge < -0.3 is 4.57 Å². The maximum Gasteiger partial charge on any atom is 0.156 e. The molecule has 0 aromatic heterocycles. The molecule has 52 heavy (non-hydrogen) atoms. The quantitative estimate of drug-likeness (QED) is 0.127. The van der Waals surface area contributed by atoms with Crippen molar-refractivity contribution >= 4 is 51.1 Å². The molecule has 0 saturated carbocycles. The topological polar surface area (TPSA) is 17.1 Å². The van der Waals surface area contributed by atoms with E-state index >= 15 is 4.57 Å². The van der Waals surface area contributed by atoms with Crippen LogP contribution in [-0.2, 0) is 9.98 Å². The van der Waals surface area contributed by atoms with Crippen molar-refractivity contribution in [3.8, 4) is 22.3 Å². The van der Waals surface area contributed by atoms with Gasteiger partial charge in [0.15, 0.2) is 7.14 Å². The van der Waals surface area contributed by atoms with Crippen molar-refractivity contribution in [1.82, 2.24) is 0 Å². The van der Waals surface area contributed by atoms with Crippen LogP contribution in [0.25, 0.3) is 43.8 Å². The van der Waals surface area contributed by atoms with Crippen LogP contribution < -0.4 is 10.6 Å². The molecule has 1 heterocycles. The van der Waals surface area contributed by atoms with E-state index in [-0.39, 0.29) is 4.99 Å². The van der Waals surface area contributed by atoms with E-state index in [2.05, 4.69) is 158 Å². The maximum atomic E-state index is 15.8. The Balaban J connectivity index is 1.23. The first-order valence-corrected chi connectivity index (χ1v) is 20.6. The van der Waals surface area contributed by atoms with E-state index in [0.717, 1.165) is 17.0 Å². The fourth-order valence-electron chi connectivity index (χ4n) is 8.86. The lowest BCUT2D eigenvalue weighted by atomic mass is 9.71. The van der Waals surface area contributed by atoms with Gasteiger partial charge in [0.1, 0.15) is 0 Å². The van der Waals surface area contributed by atoms with Gasteiger partial charge in [0.25, 0.3) is 0 Å². The molecule has 0 bridgehead atoms. The molecule has 8 aromatic carbocycles. The molecule has 0 spiro atoms. The lowest BCUT2D eigenvalue weighted by molar-refractivity contribution is 0.585. The molecule has 1 aliphatic carbocycles. The number of hydrogen-bond donors (Lipinski definition) is 0. The maximum absolute atomic E-state index is 15.8. The van der Waals surface area contributed by atoms with Crippen molar-refractivity contribution in [3.05, 3.63) is 216 Å². The van der Waals surface area contributed by atoms with Gasteiger partial charge in [-0.3, -0.25) is 0 Å². The van der Waals surface area contributed by atoms with E-state index in [1.54, 1.807) is 0 Å². The van der Waals surface area contributed by atoms with Gasteiger partial charge >= 0.3 is 0 Å². The smallest absolute Gasteiger partial charge is 0.156 e. The monoisotopic (exact) mass is 702 g/mol. The van der Waals surface area contributed by atoms with E-state index in [0.29, 0.717) is 0 Å². The fraction of sp³-hybridized carbons (Fsp3) is 0.0612. The SMILES string of the molecule is O=P(c1ccccc1)(c1ccccc1)C1CC=C(C2(c3ccc4cc5ccccc5c(-c5ccccc5)c4c3)c3ccccc3-c3ccccc32)S1. The van der Waals surface area contributed by atoms with Crippen molar-refractivity contribution < 1.29 is 4.57 Å². The second kappa shape index (κ2) is 12.4. The summed E-state index contributed by atoms with van der Waals surface area (Å²) in [4.78, 5) is 1.12. The van der Waals surface area contributed by atoms with Crippen LogP contribution in [0, 0.1) is 0 Å². The number of hydrogen-bond acceptors (Lipinski definition) is 2. The third-order valence-electron chi connectivity index (χ3n) is 11.1. The molecule has 1 atom stereocenters. The lowest BCUT2D eigenvalue weighted by Crippen LogP contribution is -2.29. The number of thioether (sulfide) groups is 1. The summed E-state index contributed by atoms with van der Waals surface area (Å²) >= 11 is 1.83. The average molecular weight is 703 g/mol. The van der Waals surface area contributed by atoms with Crippen molar-refractivity contribution in [1.29, 1.82) is 0 Å². The van der Waals surface area contributed by atoms with Crippen LogP contribution in [0.1, 0.15) is 23.1 Å². The zero-order chi connectivity index (χ0) is 34.7. The van der Waals surface area contributed by atoms with Gasteiger partial charge in [-0.05, 0) is 79.0 Å². The van der Waals surface area contributed by atoms with Crippen LogP contribution in [0.15, 0.2) is 199 Å². The molecule has 0 radical (unpaired) electrons. The third kappa shape index (κ3) is 4.61. The molecule has 0 amide bonds. The first kappa shape index (κ1) is 31.3. The Bertz CT molecular complexity index is 2630. The molecule has 10 rings (SSSR count). The minimum absolute atomic E-state index is 0.131. The van der Waals surface area contributed by atoms with E-state index < -0.39 is 12.6 Å². The van der Waals surface area contributed by atoms with E-state index in [1.807, 2.05) is 48.2 Å². The highest BCUT2D eigenvalue weighted by molar-refractivity contribution is 8.12. The molecule has 3 heteroatoms. The third-order valence-corrected chi connectivity index (χ3v) is 16.7. The molecule has 1 nitrogen and oxygen atoms in total. The summed E-state index contributed by atoms with van der Waals surface area (Å²) in [5.41, 5.74) is 8.23. The number of benzene rings is 8. The average Bonchev–Trinajstić information content (AvgIpc) is 3.83. The molecule has 0 saturated heterocycles. The van der Waals surface area contributed by atoms with E-state index in [4.69, 9.17) is 0 Å². The molecule has 248 valence electrons. The number of rotatable bonds is 6. The van der Waals surface area contributed by atoms with E-state index in [9.17, 15) is 0 Å². The largest absolute Gasteiger partial charge is 0.312 e. The van der Waals surface area contributed by atoms with Crippen molar-refractivity contribution in [2.24, 2.45) is 0 Å². The molecular weight excluding hydrogens is 668 g/mol. The summed E-state index contributed by atoms with van der Waals surface area (Å²) < 4.78 is 15.8. The highest BCUT2D eigenvalue weighted by Crippen LogP contribution is 2.66. The van der Waals surface area contributed by atoms with Gasteiger partial charge in [-0.25, -0.2) is 0 Å². The zero-order valence-corrected chi connectivity index (χ0v) is 30.2.